The molecule has 0 bridgehead atoms. The van der Waals surface area contributed by atoms with Crippen LogP contribution in [-0.4, -0.2) is 21.4 Å². The molecule has 1 aliphatic rings. The third-order valence-electron chi connectivity index (χ3n) is 4.71. The Bertz CT molecular complexity index is 724. The molecule has 6 heteroatoms. The van der Waals surface area contributed by atoms with Gasteiger partial charge < -0.3 is 10.5 Å². The molecule has 0 aliphatic heterocycles. The van der Waals surface area contributed by atoms with E-state index in [2.05, 4.69) is 23.1 Å². The van der Waals surface area contributed by atoms with Crippen molar-refractivity contribution in [3.05, 3.63) is 12.3 Å². The van der Waals surface area contributed by atoms with Gasteiger partial charge in [-0.05, 0) is 25.3 Å². The number of rotatable bonds is 6. The average molecular weight is 313 g/mol. The van der Waals surface area contributed by atoms with Crippen LogP contribution in [-0.2, 0) is 5.54 Å². The molecule has 0 amide bonds. The number of fused-ring (bicyclic) bond motifs is 1. The Labute approximate surface area is 136 Å². The number of unbranched alkanes of at least 4 members (excludes halogenated alkanes) is 1. The quantitative estimate of drug-likeness (QED) is 0.826. The Hall–Kier alpha value is -2.29. The summed E-state index contributed by atoms with van der Waals surface area (Å²) in [6.07, 6.45) is 8.40. The smallest absolute Gasteiger partial charge is 0.226 e. The first-order chi connectivity index (χ1) is 11.2. The monoisotopic (exact) mass is 313 g/mol. The van der Waals surface area contributed by atoms with Crippen LogP contribution in [0.4, 0.5) is 5.82 Å². The van der Waals surface area contributed by atoms with E-state index < -0.39 is 0 Å². The molecule has 1 aliphatic carbocycles. The Morgan fingerprint density at radius 2 is 2.22 bits per heavy atom. The molecule has 2 N–H and O–H groups in total. The summed E-state index contributed by atoms with van der Waals surface area (Å²) in [4.78, 5) is 4.33. The number of aromatic nitrogens is 3. The van der Waals surface area contributed by atoms with E-state index >= 15 is 0 Å². The van der Waals surface area contributed by atoms with Gasteiger partial charge in [0.1, 0.15) is 5.39 Å². The van der Waals surface area contributed by atoms with Crippen LogP contribution in [0.25, 0.3) is 10.9 Å². The summed E-state index contributed by atoms with van der Waals surface area (Å²) in [5.41, 5.74) is 6.84. The molecule has 0 aromatic carbocycles. The van der Waals surface area contributed by atoms with Gasteiger partial charge in [0, 0.05) is 6.20 Å². The summed E-state index contributed by atoms with van der Waals surface area (Å²) in [6.45, 7) is 2.74. The third-order valence-corrected chi connectivity index (χ3v) is 4.71. The minimum atomic E-state index is -0.243. The zero-order valence-corrected chi connectivity index (χ0v) is 13.6. The zero-order valence-electron chi connectivity index (χ0n) is 13.6. The maximum Gasteiger partial charge on any atom is 0.226 e. The normalized spacial score (nSPS) is 16.5. The number of hydrogen-bond acceptors (Lipinski definition) is 5. The van der Waals surface area contributed by atoms with Crippen LogP contribution >= 0.6 is 0 Å². The van der Waals surface area contributed by atoms with E-state index in [1.165, 1.54) is 0 Å². The van der Waals surface area contributed by atoms with Gasteiger partial charge in [0.05, 0.1) is 30.2 Å². The van der Waals surface area contributed by atoms with Crippen molar-refractivity contribution in [3.63, 3.8) is 0 Å². The molecule has 3 rings (SSSR count). The van der Waals surface area contributed by atoms with Gasteiger partial charge in [-0.15, -0.1) is 0 Å². The van der Waals surface area contributed by atoms with Crippen molar-refractivity contribution >= 4 is 16.7 Å². The van der Waals surface area contributed by atoms with Crippen molar-refractivity contribution in [2.45, 2.75) is 57.4 Å². The summed E-state index contributed by atoms with van der Waals surface area (Å²) in [5.74, 6) is 0.980. The summed E-state index contributed by atoms with van der Waals surface area (Å²) >= 11 is 0. The van der Waals surface area contributed by atoms with Gasteiger partial charge in [-0.1, -0.05) is 26.2 Å². The van der Waals surface area contributed by atoms with Gasteiger partial charge in [0.25, 0.3) is 0 Å². The number of nitrogen functional groups attached to an aromatic ring is 1. The molecule has 0 saturated heterocycles. The number of pyridine rings is 1. The number of anilines is 1. The van der Waals surface area contributed by atoms with Crippen LogP contribution in [0.15, 0.2) is 12.3 Å². The van der Waals surface area contributed by atoms with Crippen LogP contribution in [0.5, 0.6) is 5.88 Å². The molecule has 0 radical (unpaired) electrons. The van der Waals surface area contributed by atoms with Gasteiger partial charge in [0.15, 0.2) is 5.82 Å². The highest BCUT2D eigenvalue weighted by Gasteiger charge is 2.38. The first-order valence-electron chi connectivity index (χ1n) is 8.35. The van der Waals surface area contributed by atoms with Gasteiger partial charge in [-0.25, -0.2) is 4.98 Å². The fraction of sp³-hybridized carbons (Fsp3) is 0.588. The van der Waals surface area contributed by atoms with E-state index in [-0.39, 0.29) is 5.54 Å². The fourth-order valence-electron chi connectivity index (χ4n) is 3.49. The van der Waals surface area contributed by atoms with E-state index in [4.69, 9.17) is 10.5 Å². The molecule has 0 atom stereocenters. The lowest BCUT2D eigenvalue weighted by Crippen LogP contribution is -2.31. The Balaban J connectivity index is 2.06. The van der Waals surface area contributed by atoms with Gasteiger partial charge in [-0.3, -0.25) is 4.68 Å². The predicted molar refractivity (Wildman–Crippen MR) is 89.0 cm³/mol. The molecule has 1 saturated carbocycles. The molecule has 0 unspecified atom stereocenters. The van der Waals surface area contributed by atoms with Gasteiger partial charge in [0.2, 0.25) is 5.88 Å². The second-order valence-corrected chi connectivity index (χ2v) is 6.28. The van der Waals surface area contributed by atoms with Gasteiger partial charge in [-0.2, -0.15) is 10.4 Å². The molecule has 0 spiro atoms. The van der Waals surface area contributed by atoms with E-state index in [1.807, 2.05) is 10.7 Å². The standard InChI is InChI=1S/C17H23N5O/c1-2-3-12-23-16-14-13(6-11-20-16)22(21-15(14)19)17(9-10-18)7-4-5-8-17/h6,11H,2-5,7-9,12H2,1H3,(H2,19,21). The molecule has 1 fully saturated rings. The largest absolute Gasteiger partial charge is 0.477 e. The van der Waals surface area contributed by atoms with Gasteiger partial charge >= 0.3 is 0 Å². The van der Waals surface area contributed by atoms with E-state index in [1.54, 1.807) is 6.20 Å². The first-order valence-corrected chi connectivity index (χ1v) is 8.35. The second kappa shape index (κ2) is 6.45. The Kier molecular flexibility index (Phi) is 4.37. The highest BCUT2D eigenvalue weighted by Crippen LogP contribution is 2.42. The van der Waals surface area contributed by atoms with E-state index in [9.17, 15) is 5.26 Å². The Morgan fingerprint density at radius 3 is 2.91 bits per heavy atom. The van der Waals surface area contributed by atoms with Crippen molar-refractivity contribution in [1.82, 2.24) is 14.8 Å². The van der Waals surface area contributed by atoms with Crippen LogP contribution in [0.1, 0.15) is 51.9 Å². The minimum absolute atomic E-state index is 0.243. The highest BCUT2D eigenvalue weighted by molar-refractivity contribution is 5.93. The zero-order chi connectivity index (χ0) is 16.3. The summed E-state index contributed by atoms with van der Waals surface area (Å²) in [5, 5.41) is 14.6. The third kappa shape index (κ3) is 2.72. The van der Waals surface area contributed by atoms with Crippen molar-refractivity contribution in [2.24, 2.45) is 0 Å². The number of nitrogens with two attached hydrogens (primary N) is 1. The van der Waals surface area contributed by atoms with Crippen LogP contribution in [0, 0.1) is 11.3 Å². The maximum absolute atomic E-state index is 9.27. The van der Waals surface area contributed by atoms with Crippen LogP contribution < -0.4 is 10.5 Å². The number of nitrogens with zero attached hydrogens (tertiary/aromatic N) is 4. The molecule has 122 valence electrons. The minimum Gasteiger partial charge on any atom is -0.477 e. The summed E-state index contributed by atoms with van der Waals surface area (Å²) in [6, 6.07) is 4.25. The molecule has 2 heterocycles. The van der Waals surface area contributed by atoms with Crippen molar-refractivity contribution < 1.29 is 4.74 Å². The van der Waals surface area contributed by atoms with E-state index in [0.29, 0.717) is 24.7 Å². The number of hydrogen-bond donors (Lipinski definition) is 1. The van der Waals surface area contributed by atoms with E-state index in [0.717, 1.165) is 49.4 Å². The first kappa shape index (κ1) is 15.6. The SMILES string of the molecule is CCCCOc1nccc2c1c(N)nn2C1(CC#N)CCCC1. The number of nitriles is 1. The fourth-order valence-corrected chi connectivity index (χ4v) is 3.49. The van der Waals surface area contributed by atoms with Crippen molar-refractivity contribution in [3.8, 4) is 11.9 Å². The molecular weight excluding hydrogens is 290 g/mol. The number of ether oxygens (including phenoxy) is 1. The topological polar surface area (TPSA) is 89.8 Å². The maximum atomic E-state index is 9.27. The lowest BCUT2D eigenvalue weighted by atomic mass is 9.94. The summed E-state index contributed by atoms with van der Waals surface area (Å²) < 4.78 is 7.76. The molecular formula is C17H23N5O. The molecule has 6 nitrogen and oxygen atoms in total. The average Bonchev–Trinajstić information content (AvgIpc) is 3.15. The lowest BCUT2D eigenvalue weighted by Gasteiger charge is -2.27. The summed E-state index contributed by atoms with van der Waals surface area (Å²) in [7, 11) is 0. The molecule has 2 aromatic rings. The predicted octanol–water partition coefficient (Wildman–Crippen LogP) is 3.38. The lowest BCUT2D eigenvalue weighted by molar-refractivity contribution is 0.279. The Morgan fingerprint density at radius 1 is 1.43 bits per heavy atom. The second-order valence-electron chi connectivity index (χ2n) is 6.28. The molecule has 23 heavy (non-hydrogen) atoms. The van der Waals surface area contributed by atoms with Crippen LogP contribution in [0.2, 0.25) is 0 Å². The van der Waals surface area contributed by atoms with Crippen LogP contribution in [0.3, 0.4) is 0 Å². The van der Waals surface area contributed by atoms with Crippen molar-refractivity contribution in [1.29, 1.82) is 5.26 Å². The highest BCUT2D eigenvalue weighted by atomic mass is 16.5. The van der Waals surface area contributed by atoms with Crippen molar-refractivity contribution in [2.75, 3.05) is 12.3 Å². The molecule has 2 aromatic heterocycles.